The first kappa shape index (κ1) is 17.0. The van der Waals surface area contributed by atoms with Crippen LogP contribution >= 0.6 is 0 Å². The van der Waals surface area contributed by atoms with Crippen LogP contribution in [0.3, 0.4) is 0 Å². The molecule has 3 rings (SSSR count). The summed E-state index contributed by atoms with van der Waals surface area (Å²) < 4.78 is 0. The van der Waals surface area contributed by atoms with E-state index in [-0.39, 0.29) is 11.9 Å². The number of pyridine rings is 1. The molecule has 2 heterocycles. The Morgan fingerprint density at radius 3 is 2.76 bits per heavy atom. The molecule has 1 aliphatic heterocycles. The van der Waals surface area contributed by atoms with Gasteiger partial charge in [-0.25, -0.2) is 4.98 Å². The Hall–Kier alpha value is -2.87. The lowest BCUT2D eigenvalue weighted by atomic mass is 10.0. The largest absolute Gasteiger partial charge is 0.366 e. The summed E-state index contributed by atoms with van der Waals surface area (Å²) in [7, 11) is 0. The molecule has 1 N–H and O–H groups in total. The monoisotopic (exact) mass is 334 g/mol. The van der Waals surface area contributed by atoms with Gasteiger partial charge in [-0.3, -0.25) is 4.79 Å². The van der Waals surface area contributed by atoms with Gasteiger partial charge in [-0.1, -0.05) is 18.2 Å². The van der Waals surface area contributed by atoms with E-state index in [0.29, 0.717) is 12.1 Å². The zero-order valence-electron chi connectivity index (χ0n) is 14.6. The number of aromatic nitrogens is 1. The summed E-state index contributed by atoms with van der Waals surface area (Å²) in [6.45, 7) is 5.21. The van der Waals surface area contributed by atoms with Crippen molar-refractivity contribution in [3.63, 3.8) is 0 Å². The van der Waals surface area contributed by atoms with Crippen LogP contribution in [0.25, 0.3) is 0 Å². The van der Waals surface area contributed by atoms with Crippen LogP contribution in [0.4, 0.5) is 5.82 Å². The van der Waals surface area contributed by atoms with Crippen molar-refractivity contribution in [1.82, 2.24) is 9.88 Å². The van der Waals surface area contributed by atoms with E-state index in [1.807, 2.05) is 55.1 Å². The number of nitriles is 1. The van der Waals surface area contributed by atoms with Crippen LogP contribution in [0, 0.1) is 25.2 Å². The van der Waals surface area contributed by atoms with Gasteiger partial charge in [-0.05, 0) is 50.5 Å². The highest BCUT2D eigenvalue weighted by atomic mass is 16.2. The summed E-state index contributed by atoms with van der Waals surface area (Å²) in [5.74, 6) is 0.847. The summed E-state index contributed by atoms with van der Waals surface area (Å²) in [6.07, 6.45) is 1.96. The van der Waals surface area contributed by atoms with Crippen molar-refractivity contribution < 1.29 is 4.79 Å². The minimum atomic E-state index is 0.0762. The predicted octanol–water partition coefficient (Wildman–Crippen LogP) is 3.29. The molecule has 1 amide bonds. The lowest BCUT2D eigenvalue weighted by molar-refractivity contribution is 0.0714. The second-order valence-corrected chi connectivity index (χ2v) is 6.50. The average molecular weight is 334 g/mol. The van der Waals surface area contributed by atoms with Gasteiger partial charge in [0.05, 0.1) is 11.3 Å². The molecule has 0 spiro atoms. The molecule has 2 aromatic rings. The molecule has 1 saturated heterocycles. The summed E-state index contributed by atoms with van der Waals surface area (Å²) >= 11 is 0. The number of carbonyl (C=O) groups excluding carboxylic acids is 1. The van der Waals surface area contributed by atoms with Gasteiger partial charge < -0.3 is 10.2 Å². The molecule has 25 heavy (non-hydrogen) atoms. The van der Waals surface area contributed by atoms with Crippen LogP contribution in [0.15, 0.2) is 36.4 Å². The molecule has 0 bridgehead atoms. The minimum Gasteiger partial charge on any atom is -0.366 e. The molecular weight excluding hydrogens is 312 g/mol. The maximum Gasteiger partial charge on any atom is 0.253 e. The SMILES string of the molecule is Cc1cc(NC2CCCN(C(=O)c3ccccc3)C2)nc(C)c1C#N. The van der Waals surface area contributed by atoms with Gasteiger partial charge >= 0.3 is 0 Å². The number of piperidine rings is 1. The number of hydrogen-bond donors (Lipinski definition) is 1. The second-order valence-electron chi connectivity index (χ2n) is 6.50. The molecule has 1 atom stereocenters. The molecular formula is C20H22N4O. The van der Waals surface area contributed by atoms with E-state index in [1.165, 1.54) is 0 Å². The summed E-state index contributed by atoms with van der Waals surface area (Å²) in [5.41, 5.74) is 3.02. The van der Waals surface area contributed by atoms with Crippen LogP contribution in [-0.2, 0) is 0 Å². The molecule has 0 saturated carbocycles. The number of likely N-dealkylation sites (tertiary alicyclic amines) is 1. The first-order valence-corrected chi connectivity index (χ1v) is 8.57. The summed E-state index contributed by atoms with van der Waals surface area (Å²) in [4.78, 5) is 19.0. The lowest BCUT2D eigenvalue weighted by Gasteiger charge is -2.33. The van der Waals surface area contributed by atoms with Gasteiger partial charge in [0, 0.05) is 24.7 Å². The zero-order chi connectivity index (χ0) is 17.8. The molecule has 5 heteroatoms. The molecule has 1 aromatic carbocycles. The van der Waals surface area contributed by atoms with Crippen molar-refractivity contribution in [3.05, 3.63) is 58.8 Å². The molecule has 1 aliphatic rings. The number of nitrogens with zero attached hydrogens (tertiary/aromatic N) is 3. The van der Waals surface area contributed by atoms with Crippen LogP contribution in [0.1, 0.15) is 40.0 Å². The lowest BCUT2D eigenvalue weighted by Crippen LogP contribution is -2.45. The van der Waals surface area contributed by atoms with Crippen LogP contribution in [-0.4, -0.2) is 34.9 Å². The van der Waals surface area contributed by atoms with E-state index in [0.717, 1.165) is 42.0 Å². The molecule has 128 valence electrons. The number of carbonyl (C=O) groups is 1. The highest BCUT2D eigenvalue weighted by Crippen LogP contribution is 2.20. The first-order valence-electron chi connectivity index (χ1n) is 8.57. The van der Waals surface area contributed by atoms with Crippen molar-refractivity contribution in [3.8, 4) is 6.07 Å². The number of nitrogens with one attached hydrogen (secondary N) is 1. The molecule has 0 radical (unpaired) electrons. The fourth-order valence-corrected chi connectivity index (χ4v) is 3.33. The molecule has 1 unspecified atom stereocenters. The Morgan fingerprint density at radius 1 is 1.32 bits per heavy atom. The summed E-state index contributed by atoms with van der Waals surface area (Å²) in [6, 6.07) is 13.7. The smallest absolute Gasteiger partial charge is 0.253 e. The third kappa shape index (κ3) is 3.80. The van der Waals surface area contributed by atoms with Crippen LogP contribution in [0.5, 0.6) is 0 Å². The van der Waals surface area contributed by atoms with Crippen LogP contribution in [0.2, 0.25) is 0 Å². The normalized spacial score (nSPS) is 17.0. The van der Waals surface area contributed by atoms with E-state index in [2.05, 4.69) is 16.4 Å². The third-order valence-corrected chi connectivity index (χ3v) is 4.59. The molecule has 0 aliphatic carbocycles. The van der Waals surface area contributed by atoms with E-state index in [4.69, 9.17) is 5.26 Å². The van der Waals surface area contributed by atoms with Crippen molar-refractivity contribution in [2.75, 3.05) is 18.4 Å². The molecule has 1 fully saturated rings. The quantitative estimate of drug-likeness (QED) is 0.935. The molecule has 1 aromatic heterocycles. The zero-order valence-corrected chi connectivity index (χ0v) is 14.6. The van der Waals surface area contributed by atoms with Gasteiger partial charge in [0.25, 0.3) is 5.91 Å². The second kappa shape index (κ2) is 7.35. The minimum absolute atomic E-state index is 0.0762. The van der Waals surface area contributed by atoms with Crippen molar-refractivity contribution in [1.29, 1.82) is 5.26 Å². The Labute approximate surface area is 148 Å². The van der Waals surface area contributed by atoms with Gasteiger partial charge in [0.1, 0.15) is 11.9 Å². The Kier molecular flexibility index (Phi) is 4.99. The van der Waals surface area contributed by atoms with Gasteiger partial charge in [0.2, 0.25) is 0 Å². The van der Waals surface area contributed by atoms with Crippen LogP contribution < -0.4 is 5.32 Å². The number of hydrogen-bond acceptors (Lipinski definition) is 4. The van der Waals surface area contributed by atoms with E-state index >= 15 is 0 Å². The number of rotatable bonds is 3. The first-order chi connectivity index (χ1) is 12.1. The number of benzene rings is 1. The third-order valence-electron chi connectivity index (χ3n) is 4.59. The maximum atomic E-state index is 12.6. The van der Waals surface area contributed by atoms with Crippen molar-refractivity contribution in [2.45, 2.75) is 32.7 Å². The highest BCUT2D eigenvalue weighted by molar-refractivity contribution is 5.94. The van der Waals surface area contributed by atoms with Gasteiger partial charge in [-0.15, -0.1) is 0 Å². The Morgan fingerprint density at radius 2 is 2.08 bits per heavy atom. The highest BCUT2D eigenvalue weighted by Gasteiger charge is 2.24. The Balaban J connectivity index is 1.70. The van der Waals surface area contributed by atoms with Gasteiger partial charge in [0.15, 0.2) is 0 Å². The van der Waals surface area contributed by atoms with E-state index in [1.54, 1.807) is 0 Å². The average Bonchev–Trinajstić information content (AvgIpc) is 2.62. The van der Waals surface area contributed by atoms with E-state index < -0.39 is 0 Å². The fourth-order valence-electron chi connectivity index (χ4n) is 3.33. The standard InChI is InChI=1S/C20H22N4O/c1-14-11-19(22-15(2)18(14)12-21)23-17-9-6-10-24(13-17)20(25)16-7-4-3-5-8-16/h3-5,7-8,11,17H,6,9-10,13H2,1-2H3,(H,22,23). The maximum absolute atomic E-state index is 12.6. The summed E-state index contributed by atoms with van der Waals surface area (Å²) in [5, 5.41) is 12.6. The number of amides is 1. The number of aryl methyl sites for hydroxylation is 2. The topological polar surface area (TPSA) is 69.0 Å². The number of anilines is 1. The van der Waals surface area contributed by atoms with Gasteiger partial charge in [-0.2, -0.15) is 5.26 Å². The van der Waals surface area contributed by atoms with Crippen molar-refractivity contribution >= 4 is 11.7 Å². The Bertz CT molecular complexity index is 787. The predicted molar refractivity (Wildman–Crippen MR) is 97.4 cm³/mol. The fraction of sp³-hybridized carbons (Fsp3) is 0.350. The molecule has 5 nitrogen and oxygen atoms in total. The van der Waals surface area contributed by atoms with Crippen molar-refractivity contribution in [2.24, 2.45) is 0 Å². The van der Waals surface area contributed by atoms with E-state index in [9.17, 15) is 4.79 Å².